The molecule has 0 saturated carbocycles. The number of amidine groups is 1. The molecule has 2 aromatic rings. The highest BCUT2D eigenvalue weighted by Crippen LogP contribution is 2.42. The fraction of sp³-hybridized carbons (Fsp3) is 0.318. The number of nitrogens with zero attached hydrogens (tertiary/aromatic N) is 3. The van der Waals surface area contributed by atoms with Crippen LogP contribution >= 0.6 is 11.8 Å². The van der Waals surface area contributed by atoms with E-state index in [9.17, 15) is 4.79 Å². The van der Waals surface area contributed by atoms with Crippen molar-refractivity contribution in [1.82, 2.24) is 10.2 Å². The minimum atomic E-state index is -0.00954. The van der Waals surface area contributed by atoms with Gasteiger partial charge in [-0.15, -0.1) is 5.10 Å². The Morgan fingerprint density at radius 2 is 1.64 bits per heavy atom. The average molecular weight is 393 g/mol. The van der Waals surface area contributed by atoms with E-state index in [-0.39, 0.29) is 23.9 Å². The highest BCUT2D eigenvalue weighted by molar-refractivity contribution is 8.15. The molecule has 0 bridgehead atoms. The Balaban J connectivity index is 1.71. The third-order valence-corrected chi connectivity index (χ3v) is 6.38. The van der Waals surface area contributed by atoms with Gasteiger partial charge in [-0.3, -0.25) is 9.69 Å². The predicted octanol–water partition coefficient (Wildman–Crippen LogP) is 4.02. The maximum atomic E-state index is 11.4. The SMILES string of the molecule is CC1/C(=N/N=C2\NC(=O)CS2)CC(c2ccccc2)N(C)C1c1ccccc1. The van der Waals surface area contributed by atoms with Crippen LogP contribution < -0.4 is 5.32 Å². The molecule has 1 N–H and O–H groups in total. The highest BCUT2D eigenvalue weighted by Gasteiger charge is 2.38. The van der Waals surface area contributed by atoms with Crippen LogP contribution in [0.4, 0.5) is 0 Å². The number of carbonyl (C=O) groups excluding carboxylic acids is 1. The molecule has 2 heterocycles. The van der Waals surface area contributed by atoms with Gasteiger partial charge < -0.3 is 5.32 Å². The Labute approximate surface area is 169 Å². The number of hydrogen-bond donors (Lipinski definition) is 1. The summed E-state index contributed by atoms with van der Waals surface area (Å²) in [6.45, 7) is 2.22. The van der Waals surface area contributed by atoms with E-state index >= 15 is 0 Å². The van der Waals surface area contributed by atoms with E-state index in [0.717, 1.165) is 12.1 Å². The molecule has 1 amide bonds. The monoisotopic (exact) mass is 392 g/mol. The number of thioether (sulfide) groups is 1. The van der Waals surface area contributed by atoms with Gasteiger partial charge in [-0.2, -0.15) is 5.10 Å². The Bertz CT molecular complexity index is 897. The third-order valence-electron chi connectivity index (χ3n) is 5.51. The molecule has 3 unspecified atom stereocenters. The fourth-order valence-electron chi connectivity index (χ4n) is 4.08. The van der Waals surface area contributed by atoms with E-state index in [0.29, 0.717) is 10.9 Å². The van der Waals surface area contributed by atoms with Crippen molar-refractivity contribution in [1.29, 1.82) is 0 Å². The first kappa shape index (κ1) is 18.9. The molecule has 28 heavy (non-hydrogen) atoms. The second kappa shape index (κ2) is 8.29. The summed E-state index contributed by atoms with van der Waals surface area (Å²) < 4.78 is 0. The first-order valence-electron chi connectivity index (χ1n) is 9.52. The van der Waals surface area contributed by atoms with Crippen LogP contribution in [0.15, 0.2) is 70.9 Å². The van der Waals surface area contributed by atoms with Gasteiger partial charge in [0, 0.05) is 30.1 Å². The van der Waals surface area contributed by atoms with E-state index < -0.39 is 0 Å². The number of likely N-dealkylation sites (tertiary alicyclic amines) is 1. The van der Waals surface area contributed by atoms with Crippen LogP contribution in [-0.2, 0) is 4.79 Å². The summed E-state index contributed by atoms with van der Waals surface area (Å²) in [6, 6.07) is 21.6. The average Bonchev–Trinajstić information content (AvgIpc) is 3.14. The number of carbonyl (C=O) groups is 1. The molecule has 2 fully saturated rings. The molecule has 6 heteroatoms. The molecule has 0 aromatic heterocycles. The van der Waals surface area contributed by atoms with Crippen molar-refractivity contribution in [2.24, 2.45) is 16.1 Å². The molecule has 0 aliphatic carbocycles. The van der Waals surface area contributed by atoms with Crippen LogP contribution in [0.1, 0.15) is 36.6 Å². The topological polar surface area (TPSA) is 57.1 Å². The zero-order valence-electron chi connectivity index (χ0n) is 16.1. The molecule has 0 radical (unpaired) electrons. The van der Waals surface area contributed by atoms with Crippen molar-refractivity contribution < 1.29 is 4.79 Å². The zero-order chi connectivity index (χ0) is 19.5. The summed E-state index contributed by atoms with van der Waals surface area (Å²) in [5.74, 6) is 0.630. The minimum Gasteiger partial charge on any atom is -0.303 e. The standard InChI is InChI=1S/C22H24N4OS/c1-15-18(24-25-22-23-20(27)14-28-22)13-19(16-9-5-3-6-10-16)26(2)21(15)17-11-7-4-8-12-17/h3-12,15,19,21H,13-14H2,1-2H3,(H,23,25,27)/b24-18+. The Morgan fingerprint density at radius 3 is 2.25 bits per heavy atom. The second-order valence-electron chi connectivity index (χ2n) is 7.27. The summed E-state index contributed by atoms with van der Waals surface area (Å²) in [5.41, 5.74) is 3.62. The van der Waals surface area contributed by atoms with Gasteiger partial charge in [0.25, 0.3) is 0 Å². The van der Waals surface area contributed by atoms with Crippen molar-refractivity contribution in [3.63, 3.8) is 0 Å². The lowest BCUT2D eigenvalue weighted by Gasteiger charge is -2.44. The number of rotatable bonds is 3. The second-order valence-corrected chi connectivity index (χ2v) is 8.24. The van der Waals surface area contributed by atoms with E-state index in [1.807, 2.05) is 12.1 Å². The van der Waals surface area contributed by atoms with E-state index in [4.69, 9.17) is 0 Å². The summed E-state index contributed by atoms with van der Waals surface area (Å²) >= 11 is 1.41. The van der Waals surface area contributed by atoms with Crippen molar-refractivity contribution >= 4 is 28.5 Å². The van der Waals surface area contributed by atoms with Crippen LogP contribution in [-0.4, -0.2) is 34.5 Å². The Morgan fingerprint density at radius 1 is 1.00 bits per heavy atom. The smallest absolute Gasteiger partial charge is 0.236 e. The van der Waals surface area contributed by atoms with Gasteiger partial charge in [0.2, 0.25) is 5.91 Å². The van der Waals surface area contributed by atoms with E-state index in [1.165, 1.54) is 22.9 Å². The molecular weight excluding hydrogens is 368 g/mol. The molecule has 2 aliphatic heterocycles. The maximum Gasteiger partial charge on any atom is 0.236 e. The van der Waals surface area contributed by atoms with Crippen molar-refractivity contribution in [2.45, 2.75) is 25.4 Å². The zero-order valence-corrected chi connectivity index (χ0v) is 16.9. The quantitative estimate of drug-likeness (QED) is 0.803. The third kappa shape index (κ3) is 3.88. The normalized spacial score (nSPS) is 28.6. The Hall–Kier alpha value is -2.44. The summed E-state index contributed by atoms with van der Waals surface area (Å²) in [6.07, 6.45) is 0.820. The number of piperidine rings is 1. The van der Waals surface area contributed by atoms with Gasteiger partial charge >= 0.3 is 0 Å². The van der Waals surface area contributed by atoms with Crippen LogP contribution in [0, 0.1) is 5.92 Å². The largest absolute Gasteiger partial charge is 0.303 e. The lowest BCUT2D eigenvalue weighted by Crippen LogP contribution is -2.42. The first-order chi connectivity index (χ1) is 13.6. The number of benzene rings is 2. The fourth-order valence-corrected chi connectivity index (χ4v) is 4.70. The van der Waals surface area contributed by atoms with Gasteiger partial charge in [0.1, 0.15) is 0 Å². The predicted molar refractivity (Wildman–Crippen MR) is 115 cm³/mol. The lowest BCUT2D eigenvalue weighted by atomic mass is 9.80. The number of hydrogen-bond acceptors (Lipinski definition) is 5. The van der Waals surface area contributed by atoms with Gasteiger partial charge in [-0.1, -0.05) is 79.3 Å². The van der Waals surface area contributed by atoms with Crippen LogP contribution in [0.5, 0.6) is 0 Å². The number of amides is 1. The van der Waals surface area contributed by atoms with E-state index in [1.54, 1.807) is 0 Å². The van der Waals surface area contributed by atoms with Crippen molar-refractivity contribution in [3.8, 4) is 0 Å². The van der Waals surface area contributed by atoms with Gasteiger partial charge in [0.05, 0.1) is 5.75 Å². The van der Waals surface area contributed by atoms with Crippen LogP contribution in [0.2, 0.25) is 0 Å². The minimum absolute atomic E-state index is 0.00954. The molecule has 2 aliphatic rings. The lowest BCUT2D eigenvalue weighted by molar-refractivity contribution is -0.116. The highest BCUT2D eigenvalue weighted by atomic mass is 32.2. The van der Waals surface area contributed by atoms with Gasteiger partial charge in [-0.05, 0) is 18.2 Å². The Kier molecular flexibility index (Phi) is 5.59. The first-order valence-corrected chi connectivity index (χ1v) is 10.5. The van der Waals surface area contributed by atoms with Crippen LogP contribution in [0.25, 0.3) is 0 Å². The molecule has 2 aromatic carbocycles. The van der Waals surface area contributed by atoms with Gasteiger partial charge in [-0.25, -0.2) is 0 Å². The van der Waals surface area contributed by atoms with Crippen molar-refractivity contribution in [2.75, 3.05) is 12.8 Å². The molecule has 144 valence electrons. The van der Waals surface area contributed by atoms with Crippen molar-refractivity contribution in [3.05, 3.63) is 71.8 Å². The molecule has 4 rings (SSSR count). The van der Waals surface area contributed by atoms with Crippen LogP contribution in [0.3, 0.4) is 0 Å². The number of nitrogens with one attached hydrogen (secondary N) is 1. The maximum absolute atomic E-state index is 11.4. The molecule has 0 spiro atoms. The molecule has 5 nitrogen and oxygen atoms in total. The molecular formula is C22H24N4OS. The molecule has 3 atom stereocenters. The van der Waals surface area contributed by atoms with Gasteiger partial charge in [0.15, 0.2) is 5.17 Å². The summed E-state index contributed by atoms with van der Waals surface area (Å²) in [4.78, 5) is 13.9. The summed E-state index contributed by atoms with van der Waals surface area (Å²) in [7, 11) is 2.20. The molecule has 2 saturated heterocycles. The van der Waals surface area contributed by atoms with E-state index in [2.05, 4.69) is 82.9 Å². The summed E-state index contributed by atoms with van der Waals surface area (Å²) in [5, 5.41) is 12.3.